The first-order valence-corrected chi connectivity index (χ1v) is 14.6. The summed E-state index contributed by atoms with van der Waals surface area (Å²) in [5.41, 5.74) is -0.909. The Kier molecular flexibility index (Phi) is 7.54. The van der Waals surface area contributed by atoms with Crippen LogP contribution in [0.1, 0.15) is 121 Å². The molecule has 0 amide bonds. The molecule has 0 radical (unpaired) electrons. The molecule has 0 bridgehead atoms. The first-order chi connectivity index (χ1) is 16.9. The maximum atomic E-state index is 13.7. The molecule has 2 fully saturated rings. The van der Waals surface area contributed by atoms with E-state index in [2.05, 4.69) is 67.4 Å². The number of allylic oxidation sites excluding steroid dienone is 2. The fraction of sp³-hybridized carbons (Fsp3) is 0.794. The van der Waals surface area contributed by atoms with E-state index in [9.17, 15) is 14.9 Å². The highest BCUT2D eigenvalue weighted by molar-refractivity contribution is 6.04. The Morgan fingerprint density at radius 1 is 1.05 bits per heavy atom. The van der Waals surface area contributed by atoms with E-state index >= 15 is 0 Å². The van der Waals surface area contributed by atoms with Gasteiger partial charge in [-0.25, -0.2) is 0 Å². The lowest BCUT2D eigenvalue weighted by Crippen LogP contribution is -2.64. The van der Waals surface area contributed by atoms with Crippen molar-refractivity contribution in [2.75, 3.05) is 0 Å². The van der Waals surface area contributed by atoms with Crippen molar-refractivity contribution in [3.05, 3.63) is 11.6 Å². The zero-order valence-electron chi connectivity index (χ0n) is 25.3. The Labute approximate surface area is 227 Å². The third-order valence-electron chi connectivity index (χ3n) is 12.5. The number of hydrogen-bond donors (Lipinski definition) is 0. The van der Waals surface area contributed by atoms with Crippen LogP contribution in [0.5, 0.6) is 0 Å². The number of Topliss-reactive ketones (excluding diaryl/α,β-unsaturated/α-hetero) is 2. The van der Waals surface area contributed by atoms with Crippen molar-refractivity contribution in [2.24, 2.45) is 50.2 Å². The molecule has 3 rings (SSSR count). The molecule has 0 spiro atoms. The standard InChI is InChI=1S/C34H51NO2/c1-12-29(4,5)16-17-31(8,13-2)18-19-33(10)23(3)25(36)20-27-32(9)21-24(22-35)28(37)30(6,7)26(32)14-15-34(27,33)11/h2,21,23,26-27H,12,14-20H2,1,3-11H3/t23?,26-,27+,31?,32-,33+,34+/m0/s1. The lowest BCUT2D eigenvalue weighted by Gasteiger charge is -2.68. The van der Waals surface area contributed by atoms with Crippen LogP contribution in [0.4, 0.5) is 0 Å². The molecule has 7 atom stereocenters. The van der Waals surface area contributed by atoms with E-state index in [-0.39, 0.29) is 56.2 Å². The molecule has 3 aliphatic carbocycles. The van der Waals surface area contributed by atoms with Gasteiger partial charge in [0.1, 0.15) is 11.9 Å². The van der Waals surface area contributed by atoms with Crippen LogP contribution in [-0.2, 0) is 9.59 Å². The minimum absolute atomic E-state index is 0.0411. The van der Waals surface area contributed by atoms with Gasteiger partial charge in [0.2, 0.25) is 0 Å². The molecule has 0 aromatic carbocycles. The molecule has 0 saturated heterocycles. The van der Waals surface area contributed by atoms with Gasteiger partial charge < -0.3 is 0 Å². The predicted octanol–water partition coefficient (Wildman–Crippen LogP) is 8.34. The number of carbonyl (C=O) groups is 2. The van der Waals surface area contributed by atoms with Crippen LogP contribution in [0.3, 0.4) is 0 Å². The molecule has 37 heavy (non-hydrogen) atoms. The SMILES string of the molecule is C#CC(C)(CCC(C)(C)CC)CC[C@]1(C)C(C)C(=O)C[C@@H]2[C@@]3(C)C=C(C#N)C(=O)C(C)(C)[C@@H]3CC[C@]21C. The molecule has 204 valence electrons. The van der Waals surface area contributed by atoms with Gasteiger partial charge in [-0.2, -0.15) is 5.26 Å². The molecular formula is C34H51NO2. The number of terminal acetylenes is 1. The topological polar surface area (TPSA) is 57.9 Å². The smallest absolute Gasteiger partial charge is 0.178 e. The molecule has 3 heteroatoms. The van der Waals surface area contributed by atoms with Crippen molar-refractivity contribution >= 4 is 11.6 Å². The largest absolute Gasteiger partial charge is 0.299 e. The van der Waals surface area contributed by atoms with Crippen molar-refractivity contribution in [2.45, 2.75) is 121 Å². The van der Waals surface area contributed by atoms with Gasteiger partial charge in [-0.05, 0) is 78.9 Å². The van der Waals surface area contributed by atoms with Crippen LogP contribution in [0.15, 0.2) is 11.6 Å². The number of hydrogen-bond acceptors (Lipinski definition) is 3. The molecule has 0 aromatic rings. The average Bonchev–Trinajstić information content (AvgIpc) is 2.84. The van der Waals surface area contributed by atoms with Crippen molar-refractivity contribution in [1.82, 2.24) is 0 Å². The van der Waals surface area contributed by atoms with E-state index in [1.54, 1.807) is 0 Å². The number of fused-ring (bicyclic) bond motifs is 3. The fourth-order valence-corrected chi connectivity index (χ4v) is 8.62. The molecule has 2 saturated carbocycles. The number of rotatable bonds is 7. The average molecular weight is 506 g/mol. The summed E-state index contributed by atoms with van der Waals surface area (Å²) in [6.07, 6.45) is 15.6. The summed E-state index contributed by atoms with van der Waals surface area (Å²) in [4.78, 5) is 26.9. The van der Waals surface area contributed by atoms with E-state index in [4.69, 9.17) is 6.42 Å². The Morgan fingerprint density at radius 3 is 2.22 bits per heavy atom. The molecular weight excluding hydrogens is 454 g/mol. The number of carbonyl (C=O) groups excluding carboxylic acids is 2. The highest BCUT2D eigenvalue weighted by Gasteiger charge is 2.67. The molecule has 3 aliphatic rings. The summed E-state index contributed by atoms with van der Waals surface area (Å²) in [6.45, 7) is 22.2. The summed E-state index contributed by atoms with van der Waals surface area (Å²) in [5.74, 6) is 3.62. The van der Waals surface area contributed by atoms with E-state index in [1.165, 1.54) is 0 Å². The third kappa shape index (κ3) is 4.54. The molecule has 0 aliphatic heterocycles. The minimum Gasteiger partial charge on any atom is -0.299 e. The normalized spacial score (nSPS) is 38.9. The van der Waals surface area contributed by atoms with Gasteiger partial charge in [-0.3, -0.25) is 9.59 Å². The molecule has 3 nitrogen and oxygen atoms in total. The van der Waals surface area contributed by atoms with E-state index in [1.807, 2.05) is 19.9 Å². The van der Waals surface area contributed by atoms with Gasteiger partial charge in [0.05, 0.1) is 5.57 Å². The molecule has 0 aromatic heterocycles. The second kappa shape index (κ2) is 9.40. The van der Waals surface area contributed by atoms with Gasteiger partial charge >= 0.3 is 0 Å². The van der Waals surface area contributed by atoms with E-state index in [0.717, 1.165) is 44.9 Å². The summed E-state index contributed by atoms with van der Waals surface area (Å²) in [5, 5.41) is 9.86. The number of nitrogens with zero attached hydrogens (tertiary/aromatic N) is 1. The van der Waals surface area contributed by atoms with Crippen LogP contribution in [0.2, 0.25) is 0 Å². The van der Waals surface area contributed by atoms with Gasteiger partial charge in [0, 0.05) is 23.2 Å². The summed E-state index contributed by atoms with van der Waals surface area (Å²) in [6, 6.07) is 2.20. The van der Waals surface area contributed by atoms with Crippen molar-refractivity contribution in [1.29, 1.82) is 5.26 Å². The van der Waals surface area contributed by atoms with Crippen molar-refractivity contribution in [3.8, 4) is 18.4 Å². The maximum absolute atomic E-state index is 13.7. The lowest BCUT2D eigenvalue weighted by molar-refractivity contribution is -0.187. The van der Waals surface area contributed by atoms with Crippen LogP contribution in [-0.4, -0.2) is 11.6 Å². The molecule has 2 unspecified atom stereocenters. The van der Waals surface area contributed by atoms with Crippen LogP contribution >= 0.6 is 0 Å². The Morgan fingerprint density at radius 2 is 1.68 bits per heavy atom. The predicted molar refractivity (Wildman–Crippen MR) is 151 cm³/mol. The highest BCUT2D eigenvalue weighted by Crippen LogP contribution is 2.71. The summed E-state index contributed by atoms with van der Waals surface area (Å²) in [7, 11) is 0. The Balaban J connectivity index is 2.02. The van der Waals surface area contributed by atoms with E-state index in [0.29, 0.717) is 12.2 Å². The Bertz CT molecular complexity index is 1070. The maximum Gasteiger partial charge on any atom is 0.178 e. The van der Waals surface area contributed by atoms with Crippen molar-refractivity contribution < 1.29 is 9.59 Å². The lowest BCUT2D eigenvalue weighted by atomic mass is 9.35. The first-order valence-electron chi connectivity index (χ1n) is 14.6. The van der Waals surface area contributed by atoms with Crippen molar-refractivity contribution in [3.63, 3.8) is 0 Å². The Hall–Kier alpha value is -1.87. The molecule has 0 heterocycles. The zero-order valence-corrected chi connectivity index (χ0v) is 25.3. The second-order valence-electron chi connectivity index (χ2n) is 15.2. The first kappa shape index (κ1) is 29.7. The molecule has 0 N–H and O–H groups in total. The van der Waals surface area contributed by atoms with Crippen LogP contribution < -0.4 is 0 Å². The second-order valence-corrected chi connectivity index (χ2v) is 15.2. The summed E-state index contributed by atoms with van der Waals surface area (Å²) >= 11 is 0. The quantitative estimate of drug-likeness (QED) is 0.327. The van der Waals surface area contributed by atoms with Crippen LogP contribution in [0.25, 0.3) is 0 Å². The summed E-state index contributed by atoms with van der Waals surface area (Å²) < 4.78 is 0. The van der Waals surface area contributed by atoms with Gasteiger partial charge in [-0.15, -0.1) is 12.3 Å². The van der Waals surface area contributed by atoms with Gasteiger partial charge in [0.25, 0.3) is 0 Å². The van der Waals surface area contributed by atoms with Gasteiger partial charge in [-0.1, -0.05) is 74.8 Å². The number of nitriles is 1. The van der Waals surface area contributed by atoms with Crippen LogP contribution in [0, 0.1) is 73.9 Å². The fourth-order valence-electron chi connectivity index (χ4n) is 8.62. The minimum atomic E-state index is -0.605. The zero-order chi connectivity index (χ0) is 28.2. The monoisotopic (exact) mass is 505 g/mol. The highest BCUT2D eigenvalue weighted by atomic mass is 16.1. The number of ketones is 2. The van der Waals surface area contributed by atoms with Gasteiger partial charge in [0.15, 0.2) is 5.78 Å². The van der Waals surface area contributed by atoms with E-state index < -0.39 is 5.41 Å². The third-order valence-corrected chi connectivity index (χ3v) is 12.5.